The zero-order valence-electron chi connectivity index (χ0n) is 10.2. The van der Waals surface area contributed by atoms with Crippen molar-refractivity contribution < 1.29 is 0 Å². The lowest BCUT2D eigenvalue weighted by Crippen LogP contribution is -2.28. The Labute approximate surface area is 109 Å². The predicted octanol–water partition coefficient (Wildman–Crippen LogP) is 4.72. The Balaban J connectivity index is 1.60. The third-order valence-corrected chi connectivity index (χ3v) is 4.43. The number of rotatable bonds is 3. The molecule has 0 aromatic heterocycles. The highest BCUT2D eigenvalue weighted by Crippen LogP contribution is 2.44. The van der Waals surface area contributed by atoms with E-state index in [0.717, 1.165) is 16.9 Å². The van der Waals surface area contributed by atoms with E-state index in [1.54, 1.807) is 0 Å². The van der Waals surface area contributed by atoms with Crippen LogP contribution >= 0.6 is 11.6 Å². The Morgan fingerprint density at radius 3 is 2.71 bits per heavy atom. The highest BCUT2D eigenvalue weighted by molar-refractivity contribution is 6.30. The maximum absolute atomic E-state index is 6.01. The minimum Gasteiger partial charge on any atom is -0.382 e. The average Bonchev–Trinajstić information content (AvgIpc) is 3.13. The normalized spacial score (nSPS) is 29.0. The molecule has 0 aliphatic heterocycles. The van der Waals surface area contributed by atoms with E-state index in [-0.39, 0.29) is 0 Å². The number of halogens is 1. The van der Waals surface area contributed by atoms with Gasteiger partial charge in [0.2, 0.25) is 0 Å². The van der Waals surface area contributed by atoms with E-state index in [9.17, 15) is 0 Å². The second kappa shape index (κ2) is 4.89. The molecule has 1 nitrogen and oxygen atoms in total. The molecule has 0 spiro atoms. The zero-order chi connectivity index (χ0) is 11.7. The van der Waals surface area contributed by atoms with E-state index in [1.165, 1.54) is 44.2 Å². The molecule has 2 heteroatoms. The van der Waals surface area contributed by atoms with Crippen molar-refractivity contribution >= 4 is 17.3 Å². The number of nitrogens with one attached hydrogen (secondary N) is 1. The van der Waals surface area contributed by atoms with Gasteiger partial charge in [-0.2, -0.15) is 0 Å². The maximum atomic E-state index is 6.01. The molecule has 0 saturated heterocycles. The molecular formula is C15H20ClN. The second-order valence-corrected chi connectivity index (χ2v) is 6.05. The van der Waals surface area contributed by atoms with E-state index in [1.807, 2.05) is 18.2 Å². The van der Waals surface area contributed by atoms with Crippen molar-refractivity contribution in [3.05, 3.63) is 29.3 Å². The molecule has 1 N–H and O–H groups in total. The van der Waals surface area contributed by atoms with Gasteiger partial charge in [0, 0.05) is 16.8 Å². The molecular weight excluding hydrogens is 230 g/mol. The second-order valence-electron chi connectivity index (χ2n) is 5.62. The lowest BCUT2D eigenvalue weighted by atomic mass is 9.82. The first-order valence-electron chi connectivity index (χ1n) is 6.83. The van der Waals surface area contributed by atoms with Gasteiger partial charge in [-0.15, -0.1) is 0 Å². The molecule has 0 radical (unpaired) electrons. The standard InChI is InChI=1S/C15H20ClN/c16-13-4-2-6-15(10-13)17-14-5-1-3-12(9-14)11-7-8-11/h2,4,6,10-12,14,17H,1,3,5,7-9H2. The van der Waals surface area contributed by atoms with Crippen LogP contribution in [0, 0.1) is 11.8 Å². The summed E-state index contributed by atoms with van der Waals surface area (Å²) in [6.07, 6.45) is 8.48. The molecule has 0 heterocycles. The summed E-state index contributed by atoms with van der Waals surface area (Å²) in [5.41, 5.74) is 1.18. The summed E-state index contributed by atoms with van der Waals surface area (Å²) in [6, 6.07) is 8.76. The molecule has 1 aromatic rings. The Morgan fingerprint density at radius 2 is 1.94 bits per heavy atom. The largest absolute Gasteiger partial charge is 0.382 e. The van der Waals surface area contributed by atoms with Crippen molar-refractivity contribution in [1.29, 1.82) is 0 Å². The van der Waals surface area contributed by atoms with Gasteiger partial charge in [-0.05, 0) is 55.7 Å². The van der Waals surface area contributed by atoms with Crippen molar-refractivity contribution in [3.8, 4) is 0 Å². The van der Waals surface area contributed by atoms with Crippen molar-refractivity contribution in [2.45, 2.75) is 44.6 Å². The fourth-order valence-corrected chi connectivity index (χ4v) is 3.36. The summed E-state index contributed by atoms with van der Waals surface area (Å²) in [5.74, 6) is 2.04. The molecule has 2 saturated carbocycles. The van der Waals surface area contributed by atoms with Gasteiger partial charge < -0.3 is 5.32 Å². The van der Waals surface area contributed by atoms with Gasteiger partial charge in [0.1, 0.15) is 0 Å². The van der Waals surface area contributed by atoms with E-state index < -0.39 is 0 Å². The lowest BCUT2D eigenvalue weighted by molar-refractivity contribution is 0.303. The molecule has 1 aromatic carbocycles. The topological polar surface area (TPSA) is 12.0 Å². The molecule has 2 aliphatic rings. The van der Waals surface area contributed by atoms with E-state index in [2.05, 4.69) is 11.4 Å². The molecule has 2 atom stereocenters. The van der Waals surface area contributed by atoms with Crippen LogP contribution in [0.4, 0.5) is 5.69 Å². The van der Waals surface area contributed by atoms with Crippen LogP contribution in [-0.4, -0.2) is 6.04 Å². The van der Waals surface area contributed by atoms with Gasteiger partial charge >= 0.3 is 0 Å². The van der Waals surface area contributed by atoms with Gasteiger partial charge in [0.05, 0.1) is 0 Å². The quantitative estimate of drug-likeness (QED) is 0.817. The summed E-state index contributed by atoms with van der Waals surface area (Å²) in [5, 5.41) is 4.47. The summed E-state index contributed by atoms with van der Waals surface area (Å²) < 4.78 is 0. The van der Waals surface area contributed by atoms with Crippen molar-refractivity contribution in [2.24, 2.45) is 11.8 Å². The number of anilines is 1. The third-order valence-electron chi connectivity index (χ3n) is 4.20. The van der Waals surface area contributed by atoms with Crippen LogP contribution in [0.5, 0.6) is 0 Å². The van der Waals surface area contributed by atoms with Crippen LogP contribution in [0.15, 0.2) is 24.3 Å². The van der Waals surface area contributed by atoms with E-state index in [0.29, 0.717) is 6.04 Å². The Bertz CT molecular complexity index is 386. The van der Waals surface area contributed by atoms with Gasteiger partial charge in [0.25, 0.3) is 0 Å². The molecule has 3 rings (SSSR count). The highest BCUT2D eigenvalue weighted by Gasteiger charge is 2.34. The van der Waals surface area contributed by atoms with Crippen molar-refractivity contribution in [3.63, 3.8) is 0 Å². The highest BCUT2D eigenvalue weighted by atomic mass is 35.5. The van der Waals surface area contributed by atoms with Gasteiger partial charge in [0.15, 0.2) is 0 Å². The fourth-order valence-electron chi connectivity index (χ4n) is 3.17. The summed E-state index contributed by atoms with van der Waals surface area (Å²) in [4.78, 5) is 0. The molecule has 0 amide bonds. The smallest absolute Gasteiger partial charge is 0.0426 e. The molecule has 2 aliphatic carbocycles. The fraction of sp³-hybridized carbons (Fsp3) is 0.600. The van der Waals surface area contributed by atoms with Crippen molar-refractivity contribution in [1.82, 2.24) is 0 Å². The minimum atomic E-state index is 0.660. The van der Waals surface area contributed by atoms with Crippen LogP contribution in [0.3, 0.4) is 0 Å². The Morgan fingerprint density at radius 1 is 1.06 bits per heavy atom. The van der Waals surface area contributed by atoms with Crippen LogP contribution in [-0.2, 0) is 0 Å². The van der Waals surface area contributed by atoms with E-state index in [4.69, 9.17) is 11.6 Å². The zero-order valence-corrected chi connectivity index (χ0v) is 10.9. The molecule has 17 heavy (non-hydrogen) atoms. The summed E-state index contributed by atoms with van der Waals surface area (Å²) >= 11 is 6.01. The number of benzene rings is 1. The van der Waals surface area contributed by atoms with Crippen LogP contribution in [0.25, 0.3) is 0 Å². The Hall–Kier alpha value is -0.690. The molecule has 2 unspecified atom stereocenters. The predicted molar refractivity (Wildman–Crippen MR) is 73.5 cm³/mol. The first-order valence-corrected chi connectivity index (χ1v) is 7.21. The average molecular weight is 250 g/mol. The minimum absolute atomic E-state index is 0.660. The molecule has 92 valence electrons. The van der Waals surface area contributed by atoms with E-state index >= 15 is 0 Å². The van der Waals surface area contributed by atoms with Gasteiger partial charge in [-0.3, -0.25) is 0 Å². The summed E-state index contributed by atoms with van der Waals surface area (Å²) in [7, 11) is 0. The number of hydrogen-bond acceptors (Lipinski definition) is 1. The van der Waals surface area contributed by atoms with Crippen LogP contribution in [0.2, 0.25) is 5.02 Å². The monoisotopic (exact) mass is 249 g/mol. The number of hydrogen-bond donors (Lipinski definition) is 1. The van der Waals surface area contributed by atoms with Crippen LogP contribution < -0.4 is 5.32 Å². The first-order chi connectivity index (χ1) is 8.31. The Kier molecular flexibility index (Phi) is 3.28. The van der Waals surface area contributed by atoms with Crippen LogP contribution in [0.1, 0.15) is 38.5 Å². The third kappa shape index (κ3) is 2.95. The lowest BCUT2D eigenvalue weighted by Gasteiger charge is -2.30. The molecule has 2 fully saturated rings. The SMILES string of the molecule is Clc1cccc(NC2CCCC(C3CC3)C2)c1. The van der Waals surface area contributed by atoms with Gasteiger partial charge in [-0.1, -0.05) is 30.5 Å². The van der Waals surface area contributed by atoms with Crippen molar-refractivity contribution in [2.75, 3.05) is 5.32 Å². The summed E-state index contributed by atoms with van der Waals surface area (Å²) in [6.45, 7) is 0. The molecule has 0 bridgehead atoms. The first kappa shape index (κ1) is 11.4. The maximum Gasteiger partial charge on any atom is 0.0426 e. The van der Waals surface area contributed by atoms with Gasteiger partial charge in [-0.25, -0.2) is 0 Å².